The molecule has 0 aliphatic heterocycles. The summed E-state index contributed by atoms with van der Waals surface area (Å²) in [6.45, 7) is 5.79. The highest BCUT2D eigenvalue weighted by Crippen LogP contribution is 2.36. The van der Waals surface area contributed by atoms with Crippen molar-refractivity contribution in [2.75, 3.05) is 5.32 Å². The van der Waals surface area contributed by atoms with E-state index >= 15 is 0 Å². The Hall–Kier alpha value is -2.57. The number of hydrogen-bond acceptors (Lipinski definition) is 5. The fourth-order valence-corrected chi connectivity index (χ4v) is 3.11. The van der Waals surface area contributed by atoms with E-state index in [9.17, 15) is 4.79 Å². The number of ether oxygens (including phenoxy) is 1. The zero-order valence-corrected chi connectivity index (χ0v) is 14.9. The van der Waals surface area contributed by atoms with Crippen LogP contribution in [0, 0.1) is 6.92 Å². The topological polar surface area (TPSA) is 91.9 Å². The average molecular weight is 343 g/mol. The first-order chi connectivity index (χ1) is 12.0. The number of nitrogens with zero attached hydrogens (tertiary/aromatic N) is 2. The van der Waals surface area contributed by atoms with Crippen LogP contribution in [0.4, 0.5) is 16.3 Å². The molecule has 1 saturated carbocycles. The van der Waals surface area contributed by atoms with E-state index in [2.05, 4.69) is 25.8 Å². The van der Waals surface area contributed by atoms with Gasteiger partial charge in [-0.15, -0.1) is 0 Å². The number of rotatable bonds is 5. The zero-order chi connectivity index (χ0) is 17.8. The van der Waals surface area contributed by atoms with Crippen LogP contribution in [-0.2, 0) is 4.74 Å². The molecule has 1 fully saturated rings. The highest BCUT2D eigenvalue weighted by Gasteiger charge is 2.30. The Labute approximate surface area is 147 Å². The Morgan fingerprint density at radius 3 is 3.00 bits per heavy atom. The first-order valence-electron chi connectivity index (χ1n) is 8.72. The number of pyridine rings is 1. The SMILES string of the molecule is Cc1ncccc1Nc1cc(C2CCC(OC(=O)NC(C)C)C2)[nH]n1. The second kappa shape index (κ2) is 7.55. The standard InChI is InChI=1S/C18H25N5O2/c1-11(2)20-18(24)25-14-7-6-13(9-14)16-10-17(23-22-16)21-15-5-4-8-19-12(15)3/h4-5,8,10-11,13-14H,6-7,9H2,1-3H3,(H,20,24)(H2,21,22,23). The highest BCUT2D eigenvalue weighted by molar-refractivity contribution is 5.67. The average Bonchev–Trinajstić information content (AvgIpc) is 3.18. The lowest BCUT2D eigenvalue weighted by Crippen LogP contribution is -2.33. The molecule has 1 aliphatic rings. The van der Waals surface area contributed by atoms with Crippen molar-refractivity contribution in [2.45, 2.75) is 58.1 Å². The second-order valence-electron chi connectivity index (χ2n) is 6.81. The summed E-state index contributed by atoms with van der Waals surface area (Å²) in [4.78, 5) is 16.0. The lowest BCUT2D eigenvalue weighted by Gasteiger charge is -2.14. The maximum atomic E-state index is 11.7. The van der Waals surface area contributed by atoms with E-state index in [1.54, 1.807) is 6.20 Å². The second-order valence-corrected chi connectivity index (χ2v) is 6.81. The summed E-state index contributed by atoms with van der Waals surface area (Å²) in [7, 11) is 0. The van der Waals surface area contributed by atoms with Crippen molar-refractivity contribution in [3.63, 3.8) is 0 Å². The molecule has 2 heterocycles. The normalized spacial score (nSPS) is 19.8. The van der Waals surface area contributed by atoms with E-state index in [1.807, 2.05) is 39.0 Å². The lowest BCUT2D eigenvalue weighted by atomic mass is 10.0. The van der Waals surface area contributed by atoms with Crippen LogP contribution in [0.25, 0.3) is 0 Å². The number of amides is 1. The van der Waals surface area contributed by atoms with Gasteiger partial charge in [-0.3, -0.25) is 10.1 Å². The number of aromatic nitrogens is 3. The lowest BCUT2D eigenvalue weighted by molar-refractivity contribution is 0.0981. The number of H-pyrrole nitrogens is 1. The van der Waals surface area contributed by atoms with Gasteiger partial charge >= 0.3 is 6.09 Å². The molecular formula is C18H25N5O2. The third kappa shape index (κ3) is 4.49. The van der Waals surface area contributed by atoms with Gasteiger partial charge in [0.2, 0.25) is 0 Å². The zero-order valence-electron chi connectivity index (χ0n) is 14.9. The highest BCUT2D eigenvalue weighted by atomic mass is 16.6. The van der Waals surface area contributed by atoms with E-state index < -0.39 is 0 Å². The van der Waals surface area contributed by atoms with Gasteiger partial charge in [-0.25, -0.2) is 4.79 Å². The van der Waals surface area contributed by atoms with Crippen molar-refractivity contribution in [3.8, 4) is 0 Å². The van der Waals surface area contributed by atoms with E-state index in [4.69, 9.17) is 4.74 Å². The quantitative estimate of drug-likeness (QED) is 0.771. The molecule has 0 bridgehead atoms. The molecule has 7 heteroatoms. The van der Waals surface area contributed by atoms with Gasteiger partial charge in [0.05, 0.1) is 11.4 Å². The molecule has 134 valence electrons. The van der Waals surface area contributed by atoms with Crippen molar-refractivity contribution < 1.29 is 9.53 Å². The van der Waals surface area contributed by atoms with E-state index in [0.29, 0.717) is 5.92 Å². The summed E-state index contributed by atoms with van der Waals surface area (Å²) in [5, 5.41) is 13.5. The molecular weight excluding hydrogens is 318 g/mol. The Kier molecular flexibility index (Phi) is 5.21. The molecule has 2 atom stereocenters. The van der Waals surface area contributed by atoms with Gasteiger partial charge in [-0.05, 0) is 52.2 Å². The van der Waals surface area contributed by atoms with Crippen LogP contribution < -0.4 is 10.6 Å². The Morgan fingerprint density at radius 2 is 2.24 bits per heavy atom. The fraction of sp³-hybridized carbons (Fsp3) is 0.500. The van der Waals surface area contributed by atoms with Crippen LogP contribution in [0.5, 0.6) is 0 Å². The number of anilines is 2. The predicted octanol–water partition coefficient (Wildman–Crippen LogP) is 3.63. The minimum atomic E-state index is -0.334. The summed E-state index contributed by atoms with van der Waals surface area (Å²) in [5.74, 6) is 1.10. The summed E-state index contributed by atoms with van der Waals surface area (Å²) in [6.07, 6.45) is 4.07. The van der Waals surface area contributed by atoms with Crippen LogP contribution in [-0.4, -0.2) is 33.4 Å². The third-order valence-electron chi connectivity index (χ3n) is 4.37. The number of carbonyl (C=O) groups is 1. The van der Waals surface area contributed by atoms with Gasteiger partial charge in [0, 0.05) is 29.9 Å². The van der Waals surface area contributed by atoms with Crippen molar-refractivity contribution in [3.05, 3.63) is 35.8 Å². The number of nitrogens with one attached hydrogen (secondary N) is 3. The van der Waals surface area contributed by atoms with Gasteiger partial charge in [-0.1, -0.05) is 0 Å². The Morgan fingerprint density at radius 1 is 1.40 bits per heavy atom. The molecule has 0 radical (unpaired) electrons. The maximum absolute atomic E-state index is 11.7. The van der Waals surface area contributed by atoms with Crippen LogP contribution in [0.15, 0.2) is 24.4 Å². The molecule has 2 unspecified atom stereocenters. The number of hydrogen-bond donors (Lipinski definition) is 3. The van der Waals surface area contributed by atoms with Crippen LogP contribution >= 0.6 is 0 Å². The molecule has 2 aromatic rings. The molecule has 0 aromatic carbocycles. The molecule has 0 spiro atoms. The van der Waals surface area contributed by atoms with Crippen molar-refractivity contribution in [1.29, 1.82) is 0 Å². The first kappa shape index (κ1) is 17.3. The van der Waals surface area contributed by atoms with Gasteiger partial charge in [0.1, 0.15) is 6.10 Å². The molecule has 0 saturated heterocycles. The molecule has 25 heavy (non-hydrogen) atoms. The van der Waals surface area contributed by atoms with E-state index in [1.165, 1.54) is 0 Å². The van der Waals surface area contributed by atoms with Gasteiger partial charge in [0.15, 0.2) is 5.82 Å². The van der Waals surface area contributed by atoms with Crippen LogP contribution in [0.1, 0.15) is 50.4 Å². The minimum Gasteiger partial charge on any atom is -0.446 e. The van der Waals surface area contributed by atoms with Gasteiger partial charge in [0.25, 0.3) is 0 Å². The number of carbonyl (C=O) groups excluding carboxylic acids is 1. The molecule has 3 N–H and O–H groups in total. The Balaban J connectivity index is 1.56. The maximum Gasteiger partial charge on any atom is 0.407 e. The third-order valence-corrected chi connectivity index (χ3v) is 4.37. The van der Waals surface area contributed by atoms with Crippen molar-refractivity contribution in [2.24, 2.45) is 0 Å². The van der Waals surface area contributed by atoms with Crippen LogP contribution in [0.2, 0.25) is 0 Å². The summed E-state index contributed by atoms with van der Waals surface area (Å²) in [6, 6.07) is 5.98. The van der Waals surface area contributed by atoms with E-state index in [0.717, 1.165) is 42.2 Å². The summed E-state index contributed by atoms with van der Waals surface area (Å²) in [5.41, 5.74) is 2.94. The first-order valence-corrected chi connectivity index (χ1v) is 8.72. The predicted molar refractivity (Wildman–Crippen MR) is 96.0 cm³/mol. The van der Waals surface area contributed by atoms with Gasteiger partial charge < -0.3 is 15.4 Å². The molecule has 1 amide bonds. The smallest absolute Gasteiger partial charge is 0.407 e. The number of alkyl carbamates (subject to hydrolysis) is 1. The fourth-order valence-electron chi connectivity index (χ4n) is 3.11. The minimum absolute atomic E-state index is 0.0379. The largest absolute Gasteiger partial charge is 0.446 e. The molecule has 2 aromatic heterocycles. The van der Waals surface area contributed by atoms with Gasteiger partial charge in [-0.2, -0.15) is 5.10 Å². The monoisotopic (exact) mass is 343 g/mol. The number of aromatic amines is 1. The Bertz CT molecular complexity index is 728. The molecule has 1 aliphatic carbocycles. The van der Waals surface area contributed by atoms with E-state index in [-0.39, 0.29) is 18.2 Å². The summed E-state index contributed by atoms with van der Waals surface area (Å²) < 4.78 is 5.48. The van der Waals surface area contributed by atoms with Crippen molar-refractivity contribution >= 4 is 17.6 Å². The summed E-state index contributed by atoms with van der Waals surface area (Å²) >= 11 is 0. The molecule has 3 rings (SSSR count). The van der Waals surface area contributed by atoms with Crippen molar-refractivity contribution in [1.82, 2.24) is 20.5 Å². The number of aryl methyl sites for hydroxylation is 1. The van der Waals surface area contributed by atoms with Crippen LogP contribution in [0.3, 0.4) is 0 Å². The molecule has 7 nitrogen and oxygen atoms in total.